The second-order valence-corrected chi connectivity index (χ2v) is 8.53. The zero-order valence-electron chi connectivity index (χ0n) is 14.8. The molecule has 0 aliphatic rings. The molecule has 0 radical (unpaired) electrons. The van der Waals surface area contributed by atoms with E-state index in [0.29, 0.717) is 23.1 Å². The number of carbonyl (C=O) groups excluding carboxylic acids is 1. The van der Waals surface area contributed by atoms with E-state index < -0.39 is 10.0 Å². The number of nitrogens with one attached hydrogen (secondary N) is 1. The first-order valence-corrected chi connectivity index (χ1v) is 10.3. The van der Waals surface area contributed by atoms with E-state index in [0.717, 1.165) is 4.31 Å². The molecule has 0 aliphatic carbocycles. The number of hydrogen-bond donors (Lipinski definition) is 1. The Labute approximate surface area is 157 Å². The molecule has 7 nitrogen and oxygen atoms in total. The SMILES string of the molecule is CCOc1ccccc1NC(=O)CSc1ccc(S(=O)(=O)N(C)C)cn1. The molecule has 0 spiro atoms. The van der Waals surface area contributed by atoms with Gasteiger partial charge in [-0.25, -0.2) is 17.7 Å². The Hall–Kier alpha value is -2.10. The van der Waals surface area contributed by atoms with Gasteiger partial charge in [-0.2, -0.15) is 0 Å². The molecule has 9 heteroatoms. The number of para-hydroxylation sites is 2. The van der Waals surface area contributed by atoms with Gasteiger partial charge in [0.2, 0.25) is 15.9 Å². The number of sulfonamides is 1. The highest BCUT2D eigenvalue weighted by molar-refractivity contribution is 7.99. The van der Waals surface area contributed by atoms with Crippen molar-refractivity contribution < 1.29 is 17.9 Å². The van der Waals surface area contributed by atoms with Crippen molar-refractivity contribution in [2.45, 2.75) is 16.8 Å². The Morgan fingerprint density at radius 1 is 1.23 bits per heavy atom. The zero-order valence-corrected chi connectivity index (χ0v) is 16.4. The van der Waals surface area contributed by atoms with Crippen LogP contribution in [0.3, 0.4) is 0 Å². The van der Waals surface area contributed by atoms with Crippen LogP contribution >= 0.6 is 11.8 Å². The number of anilines is 1. The molecule has 2 aromatic rings. The first-order valence-electron chi connectivity index (χ1n) is 7.87. The van der Waals surface area contributed by atoms with Gasteiger partial charge in [0.15, 0.2) is 0 Å². The number of ether oxygens (including phenoxy) is 1. The Morgan fingerprint density at radius 3 is 2.58 bits per heavy atom. The van der Waals surface area contributed by atoms with Crippen LogP contribution in [0.1, 0.15) is 6.92 Å². The lowest BCUT2D eigenvalue weighted by atomic mass is 10.3. The maximum absolute atomic E-state index is 12.1. The third kappa shape index (κ3) is 5.20. The number of amides is 1. The number of thioether (sulfide) groups is 1. The van der Waals surface area contributed by atoms with Crippen molar-refractivity contribution in [2.24, 2.45) is 0 Å². The van der Waals surface area contributed by atoms with Gasteiger partial charge in [0.05, 0.1) is 23.1 Å². The van der Waals surface area contributed by atoms with Crippen LogP contribution in [-0.2, 0) is 14.8 Å². The second kappa shape index (κ2) is 9.02. The number of aromatic nitrogens is 1. The van der Waals surface area contributed by atoms with Crippen molar-refractivity contribution in [3.05, 3.63) is 42.6 Å². The van der Waals surface area contributed by atoms with Crippen LogP contribution in [0.5, 0.6) is 5.75 Å². The largest absolute Gasteiger partial charge is 0.492 e. The molecule has 1 amide bonds. The van der Waals surface area contributed by atoms with Gasteiger partial charge in [0.25, 0.3) is 0 Å². The molecule has 1 aromatic heterocycles. The van der Waals surface area contributed by atoms with Crippen LogP contribution in [0.4, 0.5) is 5.69 Å². The van der Waals surface area contributed by atoms with Crippen LogP contribution in [-0.4, -0.2) is 50.1 Å². The van der Waals surface area contributed by atoms with E-state index in [2.05, 4.69) is 10.3 Å². The average Bonchev–Trinajstić information content (AvgIpc) is 2.62. The molecular weight excluding hydrogens is 374 g/mol. The van der Waals surface area contributed by atoms with Crippen molar-refractivity contribution in [1.29, 1.82) is 0 Å². The molecule has 1 N–H and O–H groups in total. The van der Waals surface area contributed by atoms with Crippen molar-refractivity contribution in [2.75, 3.05) is 31.8 Å². The zero-order chi connectivity index (χ0) is 19.2. The normalized spacial score (nSPS) is 11.4. The van der Waals surface area contributed by atoms with Crippen molar-refractivity contribution in [3.63, 3.8) is 0 Å². The molecule has 26 heavy (non-hydrogen) atoms. The molecule has 2 rings (SSSR count). The summed E-state index contributed by atoms with van der Waals surface area (Å²) in [5.74, 6) is 0.561. The Morgan fingerprint density at radius 2 is 1.96 bits per heavy atom. The number of nitrogens with zero attached hydrogens (tertiary/aromatic N) is 2. The molecule has 0 unspecified atom stereocenters. The Kier molecular flexibility index (Phi) is 7.01. The molecule has 0 fully saturated rings. The van der Waals surface area contributed by atoms with E-state index in [-0.39, 0.29) is 16.6 Å². The third-order valence-electron chi connectivity index (χ3n) is 3.30. The molecule has 0 atom stereocenters. The predicted octanol–water partition coefficient (Wildman–Crippen LogP) is 2.46. The smallest absolute Gasteiger partial charge is 0.244 e. The predicted molar refractivity (Wildman–Crippen MR) is 102 cm³/mol. The molecule has 0 saturated carbocycles. The van der Waals surface area contributed by atoms with Crippen molar-refractivity contribution in [3.8, 4) is 5.75 Å². The lowest BCUT2D eigenvalue weighted by Gasteiger charge is -2.12. The molecule has 0 aliphatic heterocycles. The van der Waals surface area contributed by atoms with Gasteiger partial charge in [0.1, 0.15) is 10.6 Å². The summed E-state index contributed by atoms with van der Waals surface area (Å²) < 4.78 is 30.6. The van der Waals surface area contributed by atoms with Gasteiger partial charge in [-0.05, 0) is 31.2 Å². The summed E-state index contributed by atoms with van der Waals surface area (Å²) in [5, 5.41) is 3.37. The highest BCUT2D eigenvalue weighted by Crippen LogP contribution is 2.24. The summed E-state index contributed by atoms with van der Waals surface area (Å²) in [6, 6.07) is 10.3. The molecule has 1 heterocycles. The van der Waals surface area contributed by atoms with Crippen LogP contribution in [0.15, 0.2) is 52.5 Å². The summed E-state index contributed by atoms with van der Waals surface area (Å²) in [6.07, 6.45) is 1.29. The molecule has 140 valence electrons. The average molecular weight is 396 g/mol. The topological polar surface area (TPSA) is 88.6 Å². The Bertz CT molecular complexity index is 853. The number of benzene rings is 1. The summed E-state index contributed by atoms with van der Waals surface area (Å²) >= 11 is 1.22. The second-order valence-electron chi connectivity index (χ2n) is 5.39. The molecule has 0 saturated heterocycles. The van der Waals surface area contributed by atoms with Gasteiger partial charge in [0, 0.05) is 20.3 Å². The highest BCUT2D eigenvalue weighted by Gasteiger charge is 2.17. The Balaban J connectivity index is 1.96. The minimum atomic E-state index is -3.51. The van der Waals surface area contributed by atoms with E-state index in [1.54, 1.807) is 18.2 Å². The van der Waals surface area contributed by atoms with Gasteiger partial charge >= 0.3 is 0 Å². The van der Waals surface area contributed by atoms with E-state index in [1.165, 1.54) is 38.1 Å². The first kappa shape index (κ1) is 20.2. The summed E-state index contributed by atoms with van der Waals surface area (Å²) in [4.78, 5) is 16.4. The molecule has 1 aromatic carbocycles. The number of pyridine rings is 1. The van der Waals surface area contributed by atoms with Crippen LogP contribution in [0.2, 0.25) is 0 Å². The summed E-state index contributed by atoms with van der Waals surface area (Å²) in [5.41, 5.74) is 0.611. The van der Waals surface area contributed by atoms with E-state index in [1.807, 2.05) is 19.1 Å². The number of rotatable bonds is 8. The standard InChI is InChI=1S/C17H21N3O4S2/c1-4-24-15-8-6-5-7-14(15)19-16(21)12-25-17-10-9-13(11-18-17)26(22,23)20(2)3/h5-11H,4,12H2,1-3H3,(H,19,21). The fraction of sp³-hybridized carbons (Fsp3) is 0.294. The van der Waals surface area contributed by atoms with Gasteiger partial charge in [-0.3, -0.25) is 4.79 Å². The quantitative estimate of drug-likeness (QED) is 0.691. The maximum atomic E-state index is 12.1. The van der Waals surface area contributed by atoms with Crippen molar-refractivity contribution >= 4 is 33.4 Å². The third-order valence-corrected chi connectivity index (χ3v) is 6.04. The summed E-state index contributed by atoms with van der Waals surface area (Å²) in [7, 11) is -0.586. The molecular formula is C17H21N3O4S2. The minimum Gasteiger partial charge on any atom is -0.492 e. The monoisotopic (exact) mass is 395 g/mol. The number of carbonyl (C=O) groups is 1. The van der Waals surface area contributed by atoms with Crippen LogP contribution < -0.4 is 10.1 Å². The fourth-order valence-electron chi connectivity index (χ4n) is 1.99. The lowest BCUT2D eigenvalue weighted by molar-refractivity contribution is -0.113. The number of hydrogen-bond acceptors (Lipinski definition) is 6. The van der Waals surface area contributed by atoms with Crippen LogP contribution in [0, 0.1) is 0 Å². The minimum absolute atomic E-state index is 0.113. The fourth-order valence-corrected chi connectivity index (χ4v) is 3.48. The molecule has 0 bridgehead atoms. The van der Waals surface area contributed by atoms with Gasteiger partial charge < -0.3 is 10.1 Å². The van der Waals surface area contributed by atoms with E-state index in [9.17, 15) is 13.2 Å². The highest BCUT2D eigenvalue weighted by atomic mass is 32.2. The van der Waals surface area contributed by atoms with Gasteiger partial charge in [-0.1, -0.05) is 23.9 Å². The lowest BCUT2D eigenvalue weighted by Crippen LogP contribution is -2.22. The van der Waals surface area contributed by atoms with Crippen LogP contribution in [0.25, 0.3) is 0 Å². The van der Waals surface area contributed by atoms with Crippen molar-refractivity contribution in [1.82, 2.24) is 9.29 Å². The van der Waals surface area contributed by atoms with E-state index in [4.69, 9.17) is 4.74 Å². The first-order chi connectivity index (χ1) is 12.3. The maximum Gasteiger partial charge on any atom is 0.244 e. The van der Waals surface area contributed by atoms with E-state index >= 15 is 0 Å². The van der Waals surface area contributed by atoms with Gasteiger partial charge in [-0.15, -0.1) is 0 Å². The summed E-state index contributed by atoms with van der Waals surface area (Å²) in [6.45, 7) is 2.38.